The summed E-state index contributed by atoms with van der Waals surface area (Å²) in [5.41, 5.74) is 2.86. The van der Waals surface area contributed by atoms with Gasteiger partial charge in [-0.2, -0.15) is 0 Å². The first-order valence-corrected chi connectivity index (χ1v) is 9.14. The van der Waals surface area contributed by atoms with Crippen molar-refractivity contribution in [2.45, 2.75) is 13.0 Å². The first kappa shape index (κ1) is 22.0. The van der Waals surface area contributed by atoms with Crippen LogP contribution in [0.5, 0.6) is 11.5 Å². The molecule has 2 aromatic carbocycles. The quantitative estimate of drug-likeness (QED) is 0.773. The van der Waals surface area contributed by atoms with E-state index in [0.29, 0.717) is 18.0 Å². The second kappa shape index (κ2) is 10.3. The van der Waals surface area contributed by atoms with Gasteiger partial charge in [0.1, 0.15) is 11.5 Å². The largest absolute Gasteiger partial charge is 0.496 e. The normalized spacial score (nSPS) is 16.8. The van der Waals surface area contributed by atoms with Gasteiger partial charge in [-0.3, -0.25) is 9.69 Å². The molecule has 1 amide bonds. The van der Waals surface area contributed by atoms with Crippen molar-refractivity contribution in [1.29, 1.82) is 0 Å². The standard InChI is InChI=1S/C21H27N3O3.ClH/c1-15-8-9-20(27-3)17(12-15)23-21(25)14-24-11-10-22-13-18(24)16-6-4-5-7-19(16)26-2;/h4-9,12,18,22H,10-11,13-14H2,1-3H3,(H,23,25);1H. The number of anilines is 1. The van der Waals surface area contributed by atoms with E-state index in [1.807, 2.05) is 43.3 Å². The molecule has 6 nitrogen and oxygen atoms in total. The number of nitrogens with zero attached hydrogens (tertiary/aromatic N) is 1. The number of piperazine rings is 1. The van der Waals surface area contributed by atoms with Crippen molar-refractivity contribution < 1.29 is 14.3 Å². The molecule has 2 aromatic rings. The topological polar surface area (TPSA) is 62.8 Å². The summed E-state index contributed by atoms with van der Waals surface area (Å²) in [4.78, 5) is 14.9. The molecular formula is C21H28ClN3O3. The predicted octanol–water partition coefficient (Wildman–Crippen LogP) is 3.02. The van der Waals surface area contributed by atoms with E-state index in [0.717, 1.165) is 36.5 Å². The molecule has 0 saturated carbocycles. The number of hydrogen-bond acceptors (Lipinski definition) is 5. The van der Waals surface area contributed by atoms with E-state index < -0.39 is 0 Å². The van der Waals surface area contributed by atoms with Gasteiger partial charge >= 0.3 is 0 Å². The van der Waals surface area contributed by atoms with Gasteiger partial charge in [0.2, 0.25) is 5.91 Å². The monoisotopic (exact) mass is 405 g/mol. The fraction of sp³-hybridized carbons (Fsp3) is 0.381. The van der Waals surface area contributed by atoms with Crippen molar-refractivity contribution in [2.24, 2.45) is 0 Å². The lowest BCUT2D eigenvalue weighted by atomic mass is 10.0. The molecule has 0 bridgehead atoms. The van der Waals surface area contributed by atoms with Crippen molar-refractivity contribution >= 4 is 24.0 Å². The van der Waals surface area contributed by atoms with Crippen molar-refractivity contribution in [3.63, 3.8) is 0 Å². The molecule has 1 atom stereocenters. The second-order valence-corrected chi connectivity index (χ2v) is 6.68. The van der Waals surface area contributed by atoms with Gasteiger partial charge < -0.3 is 20.1 Å². The Morgan fingerprint density at radius 3 is 2.68 bits per heavy atom. The van der Waals surface area contributed by atoms with Gasteiger partial charge in [0, 0.05) is 25.2 Å². The van der Waals surface area contributed by atoms with E-state index in [2.05, 4.69) is 21.6 Å². The highest BCUT2D eigenvalue weighted by Gasteiger charge is 2.27. The summed E-state index contributed by atoms with van der Waals surface area (Å²) < 4.78 is 10.9. The molecule has 1 fully saturated rings. The number of amides is 1. The average Bonchev–Trinajstić information content (AvgIpc) is 2.68. The molecule has 1 aliphatic heterocycles. The van der Waals surface area contributed by atoms with E-state index >= 15 is 0 Å². The Labute approximate surface area is 172 Å². The summed E-state index contributed by atoms with van der Waals surface area (Å²) in [6.07, 6.45) is 0. The lowest BCUT2D eigenvalue weighted by Crippen LogP contribution is -2.48. The molecule has 28 heavy (non-hydrogen) atoms. The summed E-state index contributed by atoms with van der Waals surface area (Å²) in [6.45, 7) is 4.72. The molecule has 1 saturated heterocycles. The third kappa shape index (κ3) is 5.16. The third-order valence-electron chi connectivity index (χ3n) is 4.83. The summed E-state index contributed by atoms with van der Waals surface area (Å²) in [7, 11) is 3.28. The van der Waals surface area contributed by atoms with Crippen LogP contribution < -0.4 is 20.1 Å². The van der Waals surface area contributed by atoms with Crippen molar-refractivity contribution in [3.8, 4) is 11.5 Å². The van der Waals surface area contributed by atoms with Crippen LogP contribution in [0.1, 0.15) is 17.2 Å². The fourth-order valence-corrected chi connectivity index (χ4v) is 3.48. The number of halogens is 1. The van der Waals surface area contributed by atoms with Gasteiger partial charge in [-0.1, -0.05) is 24.3 Å². The minimum Gasteiger partial charge on any atom is -0.496 e. The Balaban J connectivity index is 0.00000280. The Morgan fingerprint density at radius 2 is 1.93 bits per heavy atom. The summed E-state index contributed by atoms with van der Waals surface area (Å²) in [5.74, 6) is 1.45. The molecule has 0 aliphatic carbocycles. The van der Waals surface area contributed by atoms with Crippen LogP contribution in [0.4, 0.5) is 5.69 Å². The summed E-state index contributed by atoms with van der Waals surface area (Å²) in [6, 6.07) is 13.8. The van der Waals surface area contributed by atoms with Crippen LogP contribution in [0.2, 0.25) is 0 Å². The average molecular weight is 406 g/mol. The number of carbonyl (C=O) groups is 1. The van der Waals surface area contributed by atoms with Crippen molar-refractivity contribution in [2.75, 3.05) is 45.7 Å². The number of carbonyl (C=O) groups excluding carboxylic acids is 1. The zero-order valence-corrected chi connectivity index (χ0v) is 17.3. The van der Waals surface area contributed by atoms with Gasteiger partial charge in [0.05, 0.1) is 32.5 Å². The zero-order chi connectivity index (χ0) is 19.2. The molecule has 1 heterocycles. The van der Waals surface area contributed by atoms with Crippen LogP contribution in [0.3, 0.4) is 0 Å². The molecule has 2 N–H and O–H groups in total. The van der Waals surface area contributed by atoms with Crippen molar-refractivity contribution in [3.05, 3.63) is 53.6 Å². The maximum absolute atomic E-state index is 12.7. The molecule has 0 spiro atoms. The fourth-order valence-electron chi connectivity index (χ4n) is 3.48. The number of para-hydroxylation sites is 1. The molecule has 0 radical (unpaired) electrons. The van der Waals surface area contributed by atoms with Crippen LogP contribution in [-0.4, -0.2) is 51.2 Å². The van der Waals surface area contributed by atoms with Gasteiger partial charge in [-0.25, -0.2) is 0 Å². The van der Waals surface area contributed by atoms with Crippen LogP contribution >= 0.6 is 12.4 Å². The molecule has 1 aliphatic rings. The highest BCUT2D eigenvalue weighted by Crippen LogP contribution is 2.30. The molecule has 3 rings (SSSR count). The predicted molar refractivity (Wildman–Crippen MR) is 114 cm³/mol. The Morgan fingerprint density at radius 1 is 1.18 bits per heavy atom. The van der Waals surface area contributed by atoms with E-state index in [1.165, 1.54) is 0 Å². The van der Waals surface area contributed by atoms with Crippen molar-refractivity contribution in [1.82, 2.24) is 10.2 Å². The lowest BCUT2D eigenvalue weighted by Gasteiger charge is -2.36. The molecule has 0 aromatic heterocycles. The van der Waals surface area contributed by atoms with Gasteiger partial charge in [0.25, 0.3) is 0 Å². The molecule has 7 heteroatoms. The number of methoxy groups -OCH3 is 2. The first-order chi connectivity index (χ1) is 13.1. The molecular weight excluding hydrogens is 378 g/mol. The number of rotatable bonds is 6. The van der Waals surface area contributed by atoms with Crippen LogP contribution in [-0.2, 0) is 4.79 Å². The number of nitrogens with one attached hydrogen (secondary N) is 2. The van der Waals surface area contributed by atoms with Gasteiger partial charge in [0.15, 0.2) is 0 Å². The Kier molecular flexibility index (Phi) is 8.11. The van der Waals surface area contributed by atoms with Crippen LogP contribution in [0.25, 0.3) is 0 Å². The Bertz CT molecular complexity index is 800. The minimum absolute atomic E-state index is 0. The number of aryl methyl sites for hydroxylation is 1. The Hall–Kier alpha value is -2.28. The summed E-state index contributed by atoms with van der Waals surface area (Å²) in [5, 5.41) is 6.41. The molecule has 1 unspecified atom stereocenters. The highest BCUT2D eigenvalue weighted by atomic mass is 35.5. The van der Waals surface area contributed by atoms with Crippen LogP contribution in [0, 0.1) is 6.92 Å². The number of ether oxygens (including phenoxy) is 2. The zero-order valence-electron chi connectivity index (χ0n) is 16.5. The third-order valence-corrected chi connectivity index (χ3v) is 4.83. The van der Waals surface area contributed by atoms with E-state index in [9.17, 15) is 4.79 Å². The lowest BCUT2D eigenvalue weighted by molar-refractivity contribution is -0.118. The SMILES string of the molecule is COc1ccc(C)cc1NC(=O)CN1CCNCC1c1ccccc1OC.Cl. The summed E-state index contributed by atoms with van der Waals surface area (Å²) >= 11 is 0. The second-order valence-electron chi connectivity index (χ2n) is 6.68. The first-order valence-electron chi connectivity index (χ1n) is 9.14. The minimum atomic E-state index is -0.0549. The van der Waals surface area contributed by atoms with Gasteiger partial charge in [-0.15, -0.1) is 12.4 Å². The van der Waals surface area contributed by atoms with Crippen LogP contribution in [0.15, 0.2) is 42.5 Å². The maximum Gasteiger partial charge on any atom is 0.238 e. The van der Waals surface area contributed by atoms with Gasteiger partial charge in [-0.05, 0) is 30.7 Å². The van der Waals surface area contributed by atoms with E-state index in [-0.39, 0.29) is 24.4 Å². The smallest absolute Gasteiger partial charge is 0.238 e. The van der Waals surface area contributed by atoms with E-state index in [4.69, 9.17) is 9.47 Å². The number of benzene rings is 2. The number of hydrogen-bond donors (Lipinski definition) is 2. The van der Waals surface area contributed by atoms with E-state index in [1.54, 1.807) is 14.2 Å². The molecule has 152 valence electrons. The highest BCUT2D eigenvalue weighted by molar-refractivity contribution is 5.93. The maximum atomic E-state index is 12.7.